The summed E-state index contributed by atoms with van der Waals surface area (Å²) < 4.78 is 0. The van der Waals surface area contributed by atoms with E-state index in [9.17, 15) is 9.90 Å². The first-order chi connectivity index (χ1) is 11.3. The van der Waals surface area contributed by atoms with Gasteiger partial charge in [-0.3, -0.25) is 4.79 Å². The van der Waals surface area contributed by atoms with Crippen molar-refractivity contribution in [2.45, 2.75) is 38.3 Å². The van der Waals surface area contributed by atoms with Crippen molar-refractivity contribution in [3.05, 3.63) is 52.2 Å². The largest absolute Gasteiger partial charge is 0.395 e. The van der Waals surface area contributed by atoms with Gasteiger partial charge in [0.05, 0.1) is 18.5 Å². The molecule has 4 N–H and O–H groups in total. The zero-order valence-corrected chi connectivity index (χ0v) is 13.0. The summed E-state index contributed by atoms with van der Waals surface area (Å²) >= 11 is 0. The molecule has 1 aliphatic carbocycles. The molecule has 3 rings (SSSR count). The first-order valence-corrected chi connectivity index (χ1v) is 8.00. The highest BCUT2D eigenvalue weighted by molar-refractivity contribution is 5.77. The Hall–Kier alpha value is -2.18. The number of aromatic amines is 2. The maximum atomic E-state index is 11.7. The Bertz CT molecular complexity index is 772. The molecule has 0 saturated carbocycles. The van der Waals surface area contributed by atoms with Gasteiger partial charge >= 0.3 is 0 Å². The highest BCUT2D eigenvalue weighted by Gasteiger charge is 2.12. The van der Waals surface area contributed by atoms with E-state index in [4.69, 9.17) is 0 Å². The lowest BCUT2D eigenvalue weighted by Gasteiger charge is -2.17. The van der Waals surface area contributed by atoms with Crippen LogP contribution in [0.25, 0.3) is 11.0 Å². The molecule has 0 radical (unpaired) electrons. The average Bonchev–Trinajstić information content (AvgIpc) is 3.01. The van der Waals surface area contributed by atoms with Crippen LogP contribution in [-0.2, 0) is 6.54 Å². The first-order valence-electron chi connectivity index (χ1n) is 8.00. The van der Waals surface area contributed by atoms with E-state index in [0.717, 1.165) is 31.2 Å². The fourth-order valence-electron chi connectivity index (χ4n) is 2.87. The van der Waals surface area contributed by atoms with E-state index in [1.165, 1.54) is 11.9 Å². The second kappa shape index (κ2) is 7.39. The summed E-state index contributed by atoms with van der Waals surface area (Å²) in [4.78, 5) is 21.4. The number of nitrogens with zero attached hydrogens (tertiary/aromatic N) is 1. The summed E-state index contributed by atoms with van der Waals surface area (Å²) in [6.07, 6.45) is 13.8. The Labute approximate surface area is 134 Å². The minimum atomic E-state index is -0.169. The Morgan fingerprint density at radius 3 is 3.09 bits per heavy atom. The molecule has 0 bridgehead atoms. The van der Waals surface area contributed by atoms with E-state index < -0.39 is 0 Å². The monoisotopic (exact) mass is 314 g/mol. The van der Waals surface area contributed by atoms with Crippen molar-refractivity contribution in [3.8, 4) is 0 Å². The number of hydrogen-bond acceptors (Lipinski definition) is 4. The van der Waals surface area contributed by atoms with Crippen molar-refractivity contribution in [1.82, 2.24) is 20.3 Å². The molecule has 0 saturated heterocycles. The lowest BCUT2D eigenvalue weighted by atomic mass is 9.98. The molecule has 2 aromatic rings. The SMILES string of the molecule is O=c1[nH]cnc2c(CN[C@H](CO)CCC3=CC=CCC3)c[nH]c12. The quantitative estimate of drug-likeness (QED) is 0.626. The van der Waals surface area contributed by atoms with Crippen LogP contribution in [0.4, 0.5) is 0 Å². The molecule has 0 unspecified atom stereocenters. The third-order valence-electron chi connectivity index (χ3n) is 4.26. The lowest BCUT2D eigenvalue weighted by Crippen LogP contribution is -2.32. The molecule has 2 heterocycles. The molecule has 6 nitrogen and oxygen atoms in total. The third-order valence-corrected chi connectivity index (χ3v) is 4.26. The van der Waals surface area contributed by atoms with Crippen LogP contribution >= 0.6 is 0 Å². The van der Waals surface area contributed by atoms with Gasteiger partial charge in [0.15, 0.2) is 0 Å². The Balaban J connectivity index is 1.58. The maximum Gasteiger partial charge on any atom is 0.275 e. The van der Waals surface area contributed by atoms with Gasteiger partial charge in [0.25, 0.3) is 5.56 Å². The number of hydrogen-bond donors (Lipinski definition) is 4. The highest BCUT2D eigenvalue weighted by Crippen LogP contribution is 2.18. The summed E-state index contributed by atoms with van der Waals surface area (Å²) in [5.74, 6) is 0. The van der Waals surface area contributed by atoms with E-state index in [-0.39, 0.29) is 18.2 Å². The number of nitrogens with one attached hydrogen (secondary N) is 3. The predicted octanol–water partition coefficient (Wildman–Crippen LogP) is 1.76. The van der Waals surface area contributed by atoms with Crippen molar-refractivity contribution in [1.29, 1.82) is 0 Å². The van der Waals surface area contributed by atoms with Crippen LogP contribution in [0, 0.1) is 0 Å². The van der Waals surface area contributed by atoms with Crippen LogP contribution in [0.3, 0.4) is 0 Å². The Morgan fingerprint density at radius 1 is 1.39 bits per heavy atom. The topological polar surface area (TPSA) is 93.8 Å². The number of aromatic nitrogens is 3. The highest BCUT2D eigenvalue weighted by atomic mass is 16.3. The van der Waals surface area contributed by atoms with Crippen LogP contribution in [0.5, 0.6) is 0 Å². The number of aliphatic hydroxyl groups excluding tert-OH is 1. The van der Waals surface area contributed by atoms with Gasteiger partial charge in [-0.2, -0.15) is 0 Å². The standard InChI is InChI=1S/C17H22N4O2/c22-10-14(7-6-12-4-2-1-3-5-12)18-8-13-9-19-16-15(13)20-11-21-17(16)23/h1-2,4,9,11,14,18-19,22H,3,5-8,10H2,(H,20,21,23)/t14-/m0/s1. The lowest BCUT2D eigenvalue weighted by molar-refractivity contribution is 0.234. The van der Waals surface area contributed by atoms with Crippen LogP contribution in [0.1, 0.15) is 31.2 Å². The molecule has 0 amide bonds. The zero-order chi connectivity index (χ0) is 16.1. The molecule has 2 aromatic heterocycles. The van der Waals surface area contributed by atoms with Gasteiger partial charge < -0.3 is 20.4 Å². The predicted molar refractivity (Wildman–Crippen MR) is 90.1 cm³/mol. The van der Waals surface area contributed by atoms with Gasteiger partial charge in [-0.15, -0.1) is 0 Å². The molecule has 6 heteroatoms. The summed E-state index contributed by atoms with van der Waals surface area (Å²) in [7, 11) is 0. The van der Waals surface area contributed by atoms with Gasteiger partial charge in [-0.05, 0) is 25.7 Å². The molecule has 0 aliphatic heterocycles. The van der Waals surface area contributed by atoms with E-state index >= 15 is 0 Å². The Morgan fingerprint density at radius 2 is 2.30 bits per heavy atom. The molecular formula is C17H22N4O2. The number of rotatable bonds is 7. The first kappa shape index (κ1) is 15.7. The number of allylic oxidation sites excluding steroid dienone is 4. The molecule has 1 atom stereocenters. The molecular weight excluding hydrogens is 292 g/mol. The van der Waals surface area contributed by atoms with E-state index in [1.807, 2.05) is 0 Å². The van der Waals surface area contributed by atoms with Crippen LogP contribution in [-0.4, -0.2) is 32.7 Å². The Kier molecular flexibility index (Phi) is 5.05. The number of H-pyrrole nitrogens is 2. The van der Waals surface area contributed by atoms with Crippen LogP contribution < -0.4 is 10.9 Å². The molecule has 23 heavy (non-hydrogen) atoms. The van der Waals surface area contributed by atoms with E-state index in [2.05, 4.69) is 38.5 Å². The molecule has 1 aliphatic rings. The fourth-order valence-corrected chi connectivity index (χ4v) is 2.87. The van der Waals surface area contributed by atoms with Crippen LogP contribution in [0.15, 0.2) is 41.1 Å². The smallest absolute Gasteiger partial charge is 0.275 e. The van der Waals surface area contributed by atoms with Gasteiger partial charge in [-0.25, -0.2) is 4.98 Å². The van der Waals surface area contributed by atoms with E-state index in [1.54, 1.807) is 6.20 Å². The maximum absolute atomic E-state index is 11.7. The minimum absolute atomic E-state index is 0.0359. The molecule has 0 spiro atoms. The summed E-state index contributed by atoms with van der Waals surface area (Å²) in [5, 5.41) is 12.9. The van der Waals surface area contributed by atoms with Crippen molar-refractivity contribution in [3.63, 3.8) is 0 Å². The molecule has 122 valence electrons. The van der Waals surface area contributed by atoms with Gasteiger partial charge in [0.1, 0.15) is 5.52 Å². The third kappa shape index (κ3) is 3.78. The van der Waals surface area contributed by atoms with Gasteiger partial charge in [0.2, 0.25) is 0 Å². The second-order valence-electron chi connectivity index (χ2n) is 5.86. The van der Waals surface area contributed by atoms with Gasteiger partial charge in [0, 0.05) is 24.3 Å². The fraction of sp³-hybridized carbons (Fsp3) is 0.412. The van der Waals surface area contributed by atoms with Crippen molar-refractivity contribution in [2.75, 3.05) is 6.61 Å². The van der Waals surface area contributed by atoms with Crippen molar-refractivity contribution < 1.29 is 5.11 Å². The summed E-state index contributed by atoms with van der Waals surface area (Å²) in [6, 6.07) is 0.0359. The van der Waals surface area contributed by atoms with E-state index in [0.29, 0.717) is 17.6 Å². The summed E-state index contributed by atoms with van der Waals surface area (Å²) in [5.41, 5.74) is 3.37. The number of fused-ring (bicyclic) bond motifs is 1. The minimum Gasteiger partial charge on any atom is -0.395 e. The van der Waals surface area contributed by atoms with Gasteiger partial charge in [-0.1, -0.05) is 23.8 Å². The van der Waals surface area contributed by atoms with Crippen molar-refractivity contribution >= 4 is 11.0 Å². The second-order valence-corrected chi connectivity index (χ2v) is 5.86. The summed E-state index contributed by atoms with van der Waals surface area (Å²) in [6.45, 7) is 0.667. The molecule has 0 aromatic carbocycles. The van der Waals surface area contributed by atoms with Crippen molar-refractivity contribution in [2.24, 2.45) is 0 Å². The normalized spacial score (nSPS) is 15.8. The average molecular weight is 314 g/mol. The zero-order valence-electron chi connectivity index (χ0n) is 13.0. The van der Waals surface area contributed by atoms with Crippen LogP contribution in [0.2, 0.25) is 0 Å². The number of aliphatic hydroxyl groups is 1. The molecule has 0 fully saturated rings.